The van der Waals surface area contributed by atoms with Crippen molar-refractivity contribution < 1.29 is 13.2 Å². The molecule has 1 saturated carbocycles. The molecule has 1 aromatic rings. The summed E-state index contributed by atoms with van der Waals surface area (Å²) < 4.78 is 38.2. The first-order valence-electron chi connectivity index (χ1n) is 7.28. The van der Waals surface area contributed by atoms with Crippen molar-refractivity contribution in [3.63, 3.8) is 0 Å². The summed E-state index contributed by atoms with van der Waals surface area (Å²) in [5, 5.41) is 2.73. The monoisotopic (exact) mass is 321 g/mol. The van der Waals surface area contributed by atoms with Gasteiger partial charge in [0, 0.05) is 12.1 Å². The minimum absolute atomic E-state index is 0.123. The summed E-state index contributed by atoms with van der Waals surface area (Å²) in [4.78, 5) is 7.11. The molecule has 7 heteroatoms. The summed E-state index contributed by atoms with van der Waals surface area (Å²) in [7, 11) is 0. The van der Waals surface area contributed by atoms with Crippen LogP contribution in [0.25, 0.3) is 0 Å². The Kier molecular flexibility index (Phi) is 5.30. The van der Waals surface area contributed by atoms with E-state index in [4.69, 9.17) is 11.6 Å². The zero-order valence-electron chi connectivity index (χ0n) is 11.9. The second-order valence-electron chi connectivity index (χ2n) is 5.46. The van der Waals surface area contributed by atoms with Crippen molar-refractivity contribution in [2.24, 2.45) is 5.92 Å². The van der Waals surface area contributed by atoms with Crippen LogP contribution in [0.4, 0.5) is 19.0 Å². The normalized spacial score (nSPS) is 18.5. The van der Waals surface area contributed by atoms with Gasteiger partial charge in [-0.25, -0.2) is 9.97 Å². The molecule has 1 aliphatic carbocycles. The summed E-state index contributed by atoms with van der Waals surface area (Å²) in [6.45, 7) is 2.03. The quantitative estimate of drug-likeness (QED) is 0.800. The summed E-state index contributed by atoms with van der Waals surface area (Å²) in [6, 6.07) is 1.05. The largest absolute Gasteiger partial charge is 0.433 e. The Morgan fingerprint density at radius 2 is 1.95 bits per heavy atom. The van der Waals surface area contributed by atoms with Gasteiger partial charge >= 0.3 is 6.18 Å². The minimum Gasteiger partial charge on any atom is -0.367 e. The summed E-state index contributed by atoms with van der Waals surface area (Å²) in [6.07, 6.45) is 2.14. The number of anilines is 1. The zero-order chi connectivity index (χ0) is 15.5. The van der Waals surface area contributed by atoms with Gasteiger partial charge in [0.15, 0.2) is 5.69 Å². The maximum absolute atomic E-state index is 12.7. The number of hydrogen-bond donors (Lipinski definition) is 1. The Labute approximate surface area is 127 Å². The van der Waals surface area contributed by atoms with Crippen LogP contribution in [-0.2, 0) is 6.18 Å². The smallest absolute Gasteiger partial charge is 0.367 e. The molecule has 0 aromatic carbocycles. The van der Waals surface area contributed by atoms with Gasteiger partial charge in [0.1, 0.15) is 5.82 Å². The first-order chi connectivity index (χ1) is 9.90. The van der Waals surface area contributed by atoms with Crippen LogP contribution in [0.1, 0.15) is 51.1 Å². The zero-order valence-corrected chi connectivity index (χ0v) is 12.6. The highest BCUT2D eigenvalue weighted by Gasteiger charge is 2.34. The number of rotatable bonds is 4. The molecule has 3 nitrogen and oxygen atoms in total. The second kappa shape index (κ2) is 6.81. The Hall–Kier alpha value is -1.04. The van der Waals surface area contributed by atoms with Crippen molar-refractivity contribution in [2.75, 3.05) is 5.32 Å². The van der Waals surface area contributed by atoms with Gasteiger partial charge in [-0.05, 0) is 36.8 Å². The van der Waals surface area contributed by atoms with E-state index in [1.807, 2.05) is 6.92 Å². The highest BCUT2D eigenvalue weighted by Crippen LogP contribution is 2.32. The number of nitrogens with one attached hydrogen (secondary N) is 1. The molecule has 0 amide bonds. The number of alkyl halides is 3. The fourth-order valence-electron chi connectivity index (χ4n) is 2.92. The van der Waals surface area contributed by atoms with Gasteiger partial charge in [-0.1, -0.05) is 26.2 Å². The van der Waals surface area contributed by atoms with Crippen molar-refractivity contribution in [1.29, 1.82) is 0 Å². The average Bonchev–Trinajstić information content (AvgIpc) is 2.44. The predicted molar refractivity (Wildman–Crippen MR) is 76.3 cm³/mol. The van der Waals surface area contributed by atoms with Crippen molar-refractivity contribution in [3.8, 4) is 0 Å². The molecule has 0 bridgehead atoms. The minimum atomic E-state index is -4.52. The molecule has 118 valence electrons. The third-order valence-electron chi connectivity index (χ3n) is 3.98. The molecule has 1 aliphatic rings. The van der Waals surface area contributed by atoms with E-state index in [1.165, 1.54) is 19.3 Å². The first-order valence-corrected chi connectivity index (χ1v) is 7.66. The molecular weight excluding hydrogens is 303 g/mol. The van der Waals surface area contributed by atoms with E-state index in [0.717, 1.165) is 25.3 Å². The van der Waals surface area contributed by atoms with Crippen LogP contribution in [0.3, 0.4) is 0 Å². The molecule has 0 radical (unpaired) electrons. The lowest BCUT2D eigenvalue weighted by atomic mass is 9.83. The van der Waals surface area contributed by atoms with Gasteiger partial charge in [0.25, 0.3) is 0 Å². The van der Waals surface area contributed by atoms with Gasteiger partial charge in [0.05, 0.1) is 0 Å². The molecule has 2 rings (SSSR count). The lowest BCUT2D eigenvalue weighted by Crippen LogP contribution is -2.30. The average molecular weight is 322 g/mol. The molecule has 1 fully saturated rings. The van der Waals surface area contributed by atoms with Crippen LogP contribution < -0.4 is 5.32 Å². The number of halogens is 4. The molecule has 0 spiro atoms. The summed E-state index contributed by atoms with van der Waals surface area (Å²) in [5.74, 6) is 0.631. The van der Waals surface area contributed by atoms with E-state index >= 15 is 0 Å². The van der Waals surface area contributed by atoms with Crippen LogP contribution in [0.5, 0.6) is 0 Å². The lowest BCUT2D eigenvalue weighted by molar-refractivity contribution is -0.141. The van der Waals surface area contributed by atoms with Gasteiger partial charge in [-0.3, -0.25) is 0 Å². The van der Waals surface area contributed by atoms with Crippen LogP contribution in [0, 0.1) is 5.92 Å². The molecular formula is C14H19ClF3N3. The SMILES string of the molecule is CCC(Nc1cc(C(F)(F)F)nc(Cl)n1)C1CCCCC1. The van der Waals surface area contributed by atoms with Crippen molar-refractivity contribution >= 4 is 17.4 Å². The van der Waals surface area contributed by atoms with E-state index < -0.39 is 11.9 Å². The Morgan fingerprint density at radius 1 is 1.29 bits per heavy atom. The molecule has 1 atom stereocenters. The third kappa shape index (κ3) is 4.46. The number of aromatic nitrogens is 2. The molecule has 21 heavy (non-hydrogen) atoms. The Bertz CT molecular complexity index is 473. The maximum Gasteiger partial charge on any atom is 0.433 e. The predicted octanol–water partition coefficient (Wildman–Crippen LogP) is 4.92. The standard InChI is InChI=1S/C14H19ClF3N3/c1-2-10(9-6-4-3-5-7-9)19-12-8-11(14(16,17)18)20-13(15)21-12/h8-10H,2-7H2,1H3,(H,19,20,21). The summed E-state index contributed by atoms with van der Waals surface area (Å²) in [5.41, 5.74) is -1.01. The fraction of sp³-hybridized carbons (Fsp3) is 0.714. The van der Waals surface area contributed by atoms with Crippen molar-refractivity contribution in [1.82, 2.24) is 9.97 Å². The first kappa shape index (κ1) is 16.3. The van der Waals surface area contributed by atoms with Crippen LogP contribution >= 0.6 is 11.6 Å². The Balaban J connectivity index is 2.15. The maximum atomic E-state index is 12.7. The van der Waals surface area contributed by atoms with E-state index in [0.29, 0.717) is 5.92 Å². The molecule has 1 N–H and O–H groups in total. The lowest BCUT2D eigenvalue weighted by Gasteiger charge is -2.30. The fourth-order valence-corrected chi connectivity index (χ4v) is 3.10. The van der Waals surface area contributed by atoms with E-state index in [2.05, 4.69) is 15.3 Å². The third-order valence-corrected chi connectivity index (χ3v) is 4.15. The molecule has 1 heterocycles. The highest BCUT2D eigenvalue weighted by atomic mass is 35.5. The van der Waals surface area contributed by atoms with E-state index in [9.17, 15) is 13.2 Å². The number of hydrogen-bond acceptors (Lipinski definition) is 3. The molecule has 0 aliphatic heterocycles. The van der Waals surface area contributed by atoms with E-state index in [1.54, 1.807) is 0 Å². The topological polar surface area (TPSA) is 37.8 Å². The van der Waals surface area contributed by atoms with Gasteiger partial charge < -0.3 is 5.32 Å². The molecule has 0 saturated heterocycles. The molecule has 1 unspecified atom stereocenters. The van der Waals surface area contributed by atoms with Crippen LogP contribution in [0.15, 0.2) is 6.07 Å². The van der Waals surface area contributed by atoms with Crippen molar-refractivity contribution in [2.45, 2.75) is 57.7 Å². The Morgan fingerprint density at radius 3 is 2.52 bits per heavy atom. The van der Waals surface area contributed by atoms with Gasteiger partial charge in [0.2, 0.25) is 5.28 Å². The number of nitrogens with zero attached hydrogens (tertiary/aromatic N) is 2. The van der Waals surface area contributed by atoms with Crippen LogP contribution in [-0.4, -0.2) is 16.0 Å². The molecule has 1 aromatic heterocycles. The summed E-state index contributed by atoms with van der Waals surface area (Å²) >= 11 is 5.61. The van der Waals surface area contributed by atoms with Crippen LogP contribution in [0.2, 0.25) is 5.28 Å². The van der Waals surface area contributed by atoms with Crippen molar-refractivity contribution in [3.05, 3.63) is 17.0 Å². The van der Waals surface area contributed by atoms with E-state index in [-0.39, 0.29) is 17.1 Å². The highest BCUT2D eigenvalue weighted by molar-refractivity contribution is 6.28. The van der Waals surface area contributed by atoms with Gasteiger partial charge in [-0.15, -0.1) is 0 Å². The van der Waals surface area contributed by atoms with Gasteiger partial charge in [-0.2, -0.15) is 13.2 Å². The second-order valence-corrected chi connectivity index (χ2v) is 5.80.